The molecular formula is C33H47Cl2N3O4. The van der Waals surface area contributed by atoms with Crippen LogP contribution in [0.3, 0.4) is 0 Å². The molecular weight excluding hydrogens is 573 g/mol. The van der Waals surface area contributed by atoms with Gasteiger partial charge in [0.1, 0.15) is 11.8 Å². The number of carbonyl (C=O) groups excluding carboxylic acids is 1. The molecule has 0 amide bonds. The lowest BCUT2D eigenvalue weighted by Crippen LogP contribution is -2.33. The standard InChI is InChI=1S/C27H29Cl2N3O4.3C2H6/c1-16-5-8-31(9-6-16)13-19-18-4-3-17(28)11-23(18)30-25(29)20(19)14-32-10-7-22-21(26(32)34)15-36-24(33)12-27(22,2)35;3*1-2/h3-4,7,10-11,16,35H,5-6,8-9,12-15H2,1-2H3;3*1-2H3. The number of esters is 1. The van der Waals surface area contributed by atoms with Crippen LogP contribution in [0.25, 0.3) is 10.9 Å². The molecule has 1 unspecified atom stereocenters. The molecule has 4 heterocycles. The van der Waals surface area contributed by atoms with Crippen LogP contribution in [0.15, 0.2) is 35.3 Å². The van der Waals surface area contributed by atoms with Crippen LogP contribution >= 0.6 is 23.2 Å². The molecule has 0 spiro atoms. The maximum absolute atomic E-state index is 13.5. The molecule has 9 heteroatoms. The molecule has 7 nitrogen and oxygen atoms in total. The lowest BCUT2D eigenvalue weighted by molar-refractivity contribution is -0.148. The second-order valence-corrected chi connectivity index (χ2v) is 11.0. The Morgan fingerprint density at radius 1 is 1.00 bits per heavy atom. The fourth-order valence-electron chi connectivity index (χ4n) is 5.24. The minimum atomic E-state index is -1.47. The lowest BCUT2D eigenvalue weighted by atomic mass is 9.90. The van der Waals surface area contributed by atoms with E-state index in [0.717, 1.165) is 42.4 Å². The smallest absolute Gasteiger partial charge is 0.309 e. The van der Waals surface area contributed by atoms with Crippen molar-refractivity contribution in [2.45, 2.75) is 99.9 Å². The minimum absolute atomic E-state index is 0.176. The van der Waals surface area contributed by atoms with E-state index in [1.807, 2.05) is 53.7 Å². The molecule has 2 aromatic heterocycles. The Labute approximate surface area is 260 Å². The van der Waals surface area contributed by atoms with E-state index in [0.29, 0.717) is 33.7 Å². The number of benzene rings is 1. The van der Waals surface area contributed by atoms with Crippen molar-refractivity contribution in [1.82, 2.24) is 14.5 Å². The molecule has 5 rings (SSSR count). The molecule has 0 radical (unpaired) electrons. The first-order valence-corrected chi connectivity index (χ1v) is 16.0. The van der Waals surface area contributed by atoms with Gasteiger partial charge in [-0.3, -0.25) is 14.5 Å². The van der Waals surface area contributed by atoms with Crippen molar-refractivity contribution in [3.05, 3.63) is 73.2 Å². The van der Waals surface area contributed by atoms with Crippen LogP contribution in [0, 0.1) is 5.92 Å². The summed E-state index contributed by atoms with van der Waals surface area (Å²) in [5.41, 5.74) is 1.40. The molecule has 0 aliphatic carbocycles. The summed E-state index contributed by atoms with van der Waals surface area (Å²) < 4.78 is 6.75. The normalized spacial score (nSPS) is 18.7. The Morgan fingerprint density at radius 3 is 2.29 bits per heavy atom. The summed E-state index contributed by atoms with van der Waals surface area (Å²) in [5, 5.41) is 12.7. The van der Waals surface area contributed by atoms with Crippen LogP contribution in [-0.2, 0) is 34.8 Å². The predicted octanol–water partition coefficient (Wildman–Crippen LogP) is 7.72. The highest BCUT2D eigenvalue weighted by Gasteiger charge is 2.34. The van der Waals surface area contributed by atoms with Gasteiger partial charge in [-0.15, -0.1) is 0 Å². The first-order chi connectivity index (χ1) is 20.1. The fourth-order valence-corrected chi connectivity index (χ4v) is 5.67. The van der Waals surface area contributed by atoms with Gasteiger partial charge in [-0.25, -0.2) is 4.98 Å². The van der Waals surface area contributed by atoms with Gasteiger partial charge < -0.3 is 14.4 Å². The van der Waals surface area contributed by atoms with E-state index in [9.17, 15) is 14.7 Å². The van der Waals surface area contributed by atoms with Gasteiger partial charge in [0, 0.05) is 28.7 Å². The topological polar surface area (TPSA) is 84.7 Å². The number of pyridine rings is 2. The number of fused-ring (bicyclic) bond motifs is 2. The molecule has 0 saturated carbocycles. The van der Waals surface area contributed by atoms with Gasteiger partial charge in [0.2, 0.25) is 0 Å². The van der Waals surface area contributed by atoms with Crippen molar-refractivity contribution >= 4 is 40.1 Å². The van der Waals surface area contributed by atoms with E-state index < -0.39 is 11.6 Å². The number of piperidine rings is 1. The van der Waals surface area contributed by atoms with Gasteiger partial charge in [0.25, 0.3) is 5.56 Å². The highest BCUT2D eigenvalue weighted by molar-refractivity contribution is 6.32. The third-order valence-corrected chi connectivity index (χ3v) is 7.96. The Kier molecular flexibility index (Phi) is 14.0. The van der Waals surface area contributed by atoms with Crippen molar-refractivity contribution in [2.24, 2.45) is 5.92 Å². The maximum atomic E-state index is 13.5. The van der Waals surface area contributed by atoms with Gasteiger partial charge in [-0.05, 0) is 68.1 Å². The zero-order chi connectivity index (χ0) is 31.6. The average Bonchev–Trinajstić information content (AvgIpc) is 3.10. The summed E-state index contributed by atoms with van der Waals surface area (Å²) in [4.78, 5) is 32.5. The third-order valence-electron chi connectivity index (χ3n) is 7.41. The number of rotatable bonds is 4. The van der Waals surface area contributed by atoms with Crippen molar-refractivity contribution in [1.29, 1.82) is 0 Å². The van der Waals surface area contributed by atoms with E-state index in [1.165, 1.54) is 6.92 Å². The summed E-state index contributed by atoms with van der Waals surface area (Å²) in [5.74, 6) is 0.169. The molecule has 232 valence electrons. The SMILES string of the molecule is CC.CC.CC.CC1CCN(Cc2c(Cn3ccc4c(c3=O)COC(=O)CC4(C)O)c(Cl)nc3cc(Cl)ccc23)CC1. The van der Waals surface area contributed by atoms with Gasteiger partial charge in [-0.2, -0.15) is 0 Å². The minimum Gasteiger partial charge on any atom is -0.460 e. The summed E-state index contributed by atoms with van der Waals surface area (Å²) in [6, 6.07) is 7.30. The van der Waals surface area contributed by atoms with Crippen molar-refractivity contribution < 1.29 is 14.6 Å². The van der Waals surface area contributed by atoms with E-state index in [1.54, 1.807) is 22.9 Å². The zero-order valence-corrected chi connectivity index (χ0v) is 27.9. The third kappa shape index (κ3) is 8.34. The van der Waals surface area contributed by atoms with Gasteiger partial charge in [0.05, 0.1) is 29.6 Å². The number of carbonyl (C=O) groups is 1. The van der Waals surface area contributed by atoms with E-state index >= 15 is 0 Å². The Bertz CT molecular complexity index is 1400. The highest BCUT2D eigenvalue weighted by Crippen LogP contribution is 2.33. The molecule has 1 aromatic carbocycles. The van der Waals surface area contributed by atoms with Gasteiger partial charge in [0.15, 0.2) is 0 Å². The van der Waals surface area contributed by atoms with E-state index in [2.05, 4.69) is 16.8 Å². The molecule has 1 atom stereocenters. The second-order valence-electron chi connectivity index (χ2n) is 10.2. The quantitative estimate of drug-likeness (QED) is 0.238. The number of aliphatic hydroxyl groups is 1. The molecule has 0 bridgehead atoms. The number of halogens is 2. The van der Waals surface area contributed by atoms with E-state index in [-0.39, 0.29) is 30.7 Å². The largest absolute Gasteiger partial charge is 0.460 e. The van der Waals surface area contributed by atoms with E-state index in [4.69, 9.17) is 27.9 Å². The first kappa shape index (κ1) is 35.7. The number of aromatic nitrogens is 2. The first-order valence-electron chi connectivity index (χ1n) is 15.2. The number of likely N-dealkylation sites (tertiary alicyclic amines) is 1. The number of ether oxygens (including phenoxy) is 1. The van der Waals surface area contributed by atoms with Crippen molar-refractivity contribution in [3.63, 3.8) is 0 Å². The zero-order valence-electron chi connectivity index (χ0n) is 26.4. The Balaban J connectivity index is 0.000000966. The van der Waals surface area contributed by atoms with Crippen LogP contribution in [-0.4, -0.2) is 38.6 Å². The number of hydrogen-bond acceptors (Lipinski definition) is 6. The molecule has 3 aromatic rings. The van der Waals surface area contributed by atoms with Crippen LogP contribution < -0.4 is 5.56 Å². The van der Waals surface area contributed by atoms with Crippen molar-refractivity contribution in [3.8, 4) is 0 Å². The average molecular weight is 621 g/mol. The van der Waals surface area contributed by atoms with Crippen LogP contribution in [0.4, 0.5) is 0 Å². The van der Waals surface area contributed by atoms with Crippen LogP contribution in [0.2, 0.25) is 10.2 Å². The highest BCUT2D eigenvalue weighted by atomic mass is 35.5. The summed E-state index contributed by atoms with van der Waals surface area (Å²) >= 11 is 13.0. The van der Waals surface area contributed by atoms with Crippen molar-refractivity contribution in [2.75, 3.05) is 13.1 Å². The number of cyclic esters (lactones) is 1. The monoisotopic (exact) mass is 619 g/mol. The lowest BCUT2D eigenvalue weighted by Gasteiger charge is -2.31. The predicted molar refractivity (Wildman–Crippen MR) is 173 cm³/mol. The molecule has 1 fully saturated rings. The van der Waals surface area contributed by atoms with Gasteiger partial charge >= 0.3 is 5.97 Å². The fraction of sp³-hybridized carbons (Fsp3) is 0.545. The van der Waals surface area contributed by atoms with Crippen LogP contribution in [0.5, 0.6) is 0 Å². The molecule has 2 aliphatic rings. The van der Waals surface area contributed by atoms with Crippen LogP contribution in [0.1, 0.15) is 96.9 Å². The summed E-state index contributed by atoms with van der Waals surface area (Å²) in [6.45, 7) is 18.5. The summed E-state index contributed by atoms with van der Waals surface area (Å²) in [6.07, 6.45) is 3.72. The number of hydrogen-bond donors (Lipinski definition) is 1. The molecule has 42 heavy (non-hydrogen) atoms. The summed E-state index contributed by atoms with van der Waals surface area (Å²) in [7, 11) is 0. The van der Waals surface area contributed by atoms with Gasteiger partial charge in [-0.1, -0.05) is 77.7 Å². The second kappa shape index (κ2) is 16.4. The molecule has 2 aliphatic heterocycles. The molecule has 1 N–H and O–H groups in total. The Hall–Kier alpha value is -2.45. The maximum Gasteiger partial charge on any atom is 0.309 e. The molecule has 1 saturated heterocycles. The Morgan fingerprint density at radius 2 is 1.64 bits per heavy atom. The number of nitrogens with zero attached hydrogens (tertiary/aromatic N) is 3.